The molecule has 2 N–H and O–H groups in total. The van der Waals surface area contributed by atoms with Gasteiger partial charge in [-0.05, 0) is 45.1 Å². The molecule has 0 spiro atoms. The van der Waals surface area contributed by atoms with E-state index in [0.717, 1.165) is 25.7 Å². The quantitative estimate of drug-likeness (QED) is 0.147. The maximum absolute atomic E-state index is 11.6. The monoisotopic (exact) mass is 334 g/mol. The van der Waals surface area contributed by atoms with Gasteiger partial charge in [0.2, 0.25) is 0 Å². The molecule has 1 unspecified atom stereocenters. The highest BCUT2D eigenvalue weighted by Crippen LogP contribution is 2.09. The Morgan fingerprint density at radius 3 is 2.43 bits per heavy atom. The highest BCUT2D eigenvalue weighted by molar-refractivity contribution is 5.70. The zero-order valence-corrected chi connectivity index (χ0v) is 13.3. The van der Waals surface area contributed by atoms with Gasteiger partial charge in [-0.25, -0.2) is 0 Å². The summed E-state index contributed by atoms with van der Waals surface area (Å²) in [7, 11) is 0. The normalized spacial score (nSPS) is 11.5. The van der Waals surface area contributed by atoms with Crippen LogP contribution in [-0.4, -0.2) is 43.4 Å². The topological polar surface area (TPSA) is 131 Å². The van der Waals surface area contributed by atoms with Gasteiger partial charge in [0.05, 0.1) is 19.6 Å². The average molecular weight is 334 g/mol. The van der Waals surface area contributed by atoms with Gasteiger partial charge in [-0.3, -0.25) is 9.59 Å². The molecule has 0 aromatic carbocycles. The van der Waals surface area contributed by atoms with Crippen molar-refractivity contribution in [3.63, 3.8) is 0 Å². The molecule has 0 aliphatic rings. The van der Waals surface area contributed by atoms with E-state index in [1.165, 1.54) is 0 Å². The van der Waals surface area contributed by atoms with Crippen LogP contribution < -0.4 is 5.73 Å². The molecule has 0 heterocycles. The largest absolute Gasteiger partial charge is 0.466 e. The summed E-state index contributed by atoms with van der Waals surface area (Å²) in [6.07, 6.45) is 4.58. The second kappa shape index (κ2) is 15.0. The van der Waals surface area contributed by atoms with Crippen molar-refractivity contribution in [2.24, 2.45) is 5.73 Å². The maximum Gasteiger partial charge on any atom is 0.309 e. The third-order valence-electron chi connectivity index (χ3n) is 3.12. The summed E-state index contributed by atoms with van der Waals surface area (Å²) >= 11 is 0. The van der Waals surface area contributed by atoms with Gasteiger partial charge >= 0.3 is 5.97 Å². The molecule has 134 valence electrons. The van der Waals surface area contributed by atoms with Crippen LogP contribution in [0, 0.1) is 10.1 Å². The van der Waals surface area contributed by atoms with E-state index in [-0.39, 0.29) is 19.6 Å². The fraction of sp³-hybridized carbons (Fsp3) is 0.857. The minimum absolute atomic E-state index is 0.0417. The molecule has 0 saturated heterocycles. The molecule has 0 aromatic rings. The molecule has 9 nitrogen and oxygen atoms in total. The van der Waals surface area contributed by atoms with Crippen LogP contribution in [0.3, 0.4) is 0 Å². The van der Waals surface area contributed by atoms with E-state index < -0.39 is 17.2 Å². The molecule has 0 bridgehead atoms. The van der Waals surface area contributed by atoms with Gasteiger partial charge in [0.25, 0.3) is 11.6 Å². The van der Waals surface area contributed by atoms with Gasteiger partial charge in [-0.2, -0.15) is 0 Å². The molecule has 0 fully saturated rings. The Balaban J connectivity index is 3.62. The number of carbonyl (C=O) groups is 2. The average Bonchev–Trinajstić information content (AvgIpc) is 2.50. The first-order valence-corrected chi connectivity index (χ1v) is 7.82. The Morgan fingerprint density at radius 2 is 1.83 bits per heavy atom. The van der Waals surface area contributed by atoms with Crippen molar-refractivity contribution in [2.45, 2.75) is 57.5 Å². The van der Waals surface area contributed by atoms with Crippen molar-refractivity contribution in [2.75, 3.05) is 19.8 Å². The third kappa shape index (κ3) is 14.8. The Morgan fingerprint density at radius 1 is 1.13 bits per heavy atom. The predicted octanol–water partition coefficient (Wildman–Crippen LogP) is 1.36. The van der Waals surface area contributed by atoms with Crippen LogP contribution in [-0.2, 0) is 23.9 Å². The van der Waals surface area contributed by atoms with Crippen LogP contribution in [0.2, 0.25) is 0 Å². The van der Waals surface area contributed by atoms with Crippen LogP contribution in [0.4, 0.5) is 0 Å². The van der Waals surface area contributed by atoms with E-state index >= 15 is 0 Å². The number of rotatable bonds is 16. The van der Waals surface area contributed by atoms with Crippen molar-refractivity contribution >= 4 is 12.4 Å². The second-order valence-electron chi connectivity index (χ2n) is 5.03. The minimum Gasteiger partial charge on any atom is -0.466 e. The lowest BCUT2D eigenvalue weighted by Gasteiger charge is -2.14. The van der Waals surface area contributed by atoms with Gasteiger partial charge in [0, 0.05) is 0 Å². The van der Waals surface area contributed by atoms with Crippen molar-refractivity contribution in [3.05, 3.63) is 10.1 Å². The summed E-state index contributed by atoms with van der Waals surface area (Å²) in [6.45, 7) is 1.27. The van der Waals surface area contributed by atoms with Crippen LogP contribution in [0.1, 0.15) is 51.4 Å². The van der Waals surface area contributed by atoms with Gasteiger partial charge in [0.1, 0.15) is 6.10 Å². The van der Waals surface area contributed by atoms with Gasteiger partial charge < -0.3 is 20.0 Å². The lowest BCUT2D eigenvalue weighted by atomic mass is 10.1. The second-order valence-corrected chi connectivity index (χ2v) is 5.03. The molecule has 0 rings (SSSR count). The standard InChI is InChI=1S/C14H26N2O7/c15-8-4-3-7-13(22-12-17)11-14(18)21-9-5-1-2-6-10-23-16(19)20/h12-13H,1-11,15H2. The number of carbonyl (C=O) groups excluding carboxylic acids is 2. The van der Waals surface area contributed by atoms with Gasteiger partial charge in [0.15, 0.2) is 0 Å². The first kappa shape index (κ1) is 21.1. The molecule has 23 heavy (non-hydrogen) atoms. The number of esters is 1. The predicted molar refractivity (Wildman–Crippen MR) is 80.8 cm³/mol. The number of ether oxygens (including phenoxy) is 2. The number of hydrogen-bond acceptors (Lipinski definition) is 8. The molecule has 0 saturated carbocycles. The molecule has 0 radical (unpaired) electrons. The zero-order chi connectivity index (χ0) is 17.3. The first-order valence-electron chi connectivity index (χ1n) is 7.82. The highest BCUT2D eigenvalue weighted by atomic mass is 16.9. The summed E-state index contributed by atoms with van der Waals surface area (Å²) in [5, 5.41) is 9.10. The molecule has 0 aliphatic heterocycles. The van der Waals surface area contributed by atoms with E-state index in [1.54, 1.807) is 0 Å². The van der Waals surface area contributed by atoms with Crippen LogP contribution in [0.5, 0.6) is 0 Å². The fourth-order valence-corrected chi connectivity index (χ4v) is 1.94. The molecule has 0 aliphatic carbocycles. The van der Waals surface area contributed by atoms with Crippen molar-refractivity contribution in [3.8, 4) is 0 Å². The lowest BCUT2D eigenvalue weighted by Crippen LogP contribution is -2.20. The summed E-state index contributed by atoms with van der Waals surface area (Å²) < 4.78 is 9.93. The third-order valence-corrected chi connectivity index (χ3v) is 3.12. The molecular weight excluding hydrogens is 308 g/mol. The van der Waals surface area contributed by atoms with Crippen LogP contribution >= 0.6 is 0 Å². The zero-order valence-electron chi connectivity index (χ0n) is 13.3. The molecule has 0 amide bonds. The van der Waals surface area contributed by atoms with E-state index in [2.05, 4.69) is 4.84 Å². The number of nitrogens with zero attached hydrogens (tertiary/aromatic N) is 1. The van der Waals surface area contributed by atoms with E-state index in [0.29, 0.717) is 32.3 Å². The molecule has 1 atom stereocenters. The molecular formula is C14H26N2O7. The SMILES string of the molecule is NCCCCC(CC(=O)OCCCCCCO[N+](=O)[O-])OC=O. The van der Waals surface area contributed by atoms with E-state index in [9.17, 15) is 19.7 Å². The summed E-state index contributed by atoms with van der Waals surface area (Å²) in [4.78, 5) is 36.1. The number of hydrogen-bond donors (Lipinski definition) is 1. The van der Waals surface area contributed by atoms with E-state index in [4.69, 9.17) is 15.2 Å². The van der Waals surface area contributed by atoms with Crippen LogP contribution in [0.15, 0.2) is 0 Å². The van der Waals surface area contributed by atoms with Gasteiger partial charge in [-0.15, -0.1) is 10.1 Å². The number of nitrogens with two attached hydrogens (primary N) is 1. The summed E-state index contributed by atoms with van der Waals surface area (Å²) in [5.41, 5.74) is 5.39. The Bertz CT molecular complexity index is 339. The smallest absolute Gasteiger partial charge is 0.309 e. The van der Waals surface area contributed by atoms with E-state index in [1.807, 2.05) is 0 Å². The molecule has 0 aromatic heterocycles. The highest BCUT2D eigenvalue weighted by Gasteiger charge is 2.15. The Kier molecular flexibility index (Phi) is 13.8. The van der Waals surface area contributed by atoms with Crippen molar-refractivity contribution < 1.29 is 29.0 Å². The Labute approximate surface area is 135 Å². The minimum atomic E-state index is -0.812. The van der Waals surface area contributed by atoms with Crippen molar-refractivity contribution in [1.82, 2.24) is 0 Å². The van der Waals surface area contributed by atoms with Crippen molar-refractivity contribution in [1.29, 1.82) is 0 Å². The Hall–Kier alpha value is -1.90. The number of unbranched alkanes of at least 4 members (excludes halogenated alkanes) is 4. The summed E-state index contributed by atoms with van der Waals surface area (Å²) in [6, 6.07) is 0. The first-order chi connectivity index (χ1) is 11.1. The lowest BCUT2D eigenvalue weighted by molar-refractivity contribution is -0.757. The van der Waals surface area contributed by atoms with Gasteiger partial charge in [-0.1, -0.05) is 6.42 Å². The maximum atomic E-state index is 11.6. The summed E-state index contributed by atoms with van der Waals surface area (Å²) in [5.74, 6) is -0.402. The van der Waals surface area contributed by atoms with Crippen LogP contribution in [0.25, 0.3) is 0 Å². The fourth-order valence-electron chi connectivity index (χ4n) is 1.94. The molecule has 9 heteroatoms.